The van der Waals surface area contributed by atoms with Gasteiger partial charge in [-0.1, -0.05) is 13.3 Å². The molecule has 0 aliphatic heterocycles. The lowest BCUT2D eigenvalue weighted by atomic mass is 10.1. The number of nitrogen functional groups attached to an aromatic ring is 1. The minimum absolute atomic E-state index is 0.604. The first-order valence-corrected chi connectivity index (χ1v) is 7.04. The van der Waals surface area contributed by atoms with E-state index in [1.807, 2.05) is 0 Å². The van der Waals surface area contributed by atoms with Crippen LogP contribution < -0.4 is 10.6 Å². The number of unbranched alkanes of at least 4 members (excludes halogenated alkanes) is 1. The molecule has 1 fully saturated rings. The Morgan fingerprint density at radius 2 is 2.24 bits per heavy atom. The summed E-state index contributed by atoms with van der Waals surface area (Å²) in [5.74, 6) is 0.604. The van der Waals surface area contributed by atoms with E-state index in [1.54, 1.807) is 11.3 Å². The summed E-state index contributed by atoms with van der Waals surface area (Å²) in [5, 5.41) is 10.3. The van der Waals surface area contributed by atoms with Gasteiger partial charge >= 0.3 is 0 Å². The summed E-state index contributed by atoms with van der Waals surface area (Å²) in [4.78, 5) is 2.95. The summed E-state index contributed by atoms with van der Waals surface area (Å²) in [6.45, 7) is 3.24. The predicted octanol–water partition coefficient (Wildman–Crippen LogP) is 3.32. The Labute approximate surface area is 107 Å². The molecule has 1 heterocycles. The first-order valence-electron chi connectivity index (χ1n) is 6.22. The molecule has 0 saturated heterocycles. The maximum absolute atomic E-state index is 9.08. The van der Waals surface area contributed by atoms with Crippen molar-refractivity contribution in [1.29, 1.82) is 5.26 Å². The van der Waals surface area contributed by atoms with Crippen LogP contribution in [0.25, 0.3) is 0 Å². The van der Waals surface area contributed by atoms with Gasteiger partial charge in [-0.3, -0.25) is 0 Å². The summed E-state index contributed by atoms with van der Waals surface area (Å²) < 4.78 is 0. The van der Waals surface area contributed by atoms with Crippen LogP contribution in [-0.2, 0) is 0 Å². The van der Waals surface area contributed by atoms with Crippen LogP contribution in [0.5, 0.6) is 0 Å². The molecule has 1 aromatic rings. The topological polar surface area (TPSA) is 53.0 Å². The molecule has 1 aliphatic carbocycles. The zero-order valence-electron chi connectivity index (χ0n) is 10.5. The third-order valence-corrected chi connectivity index (χ3v) is 4.49. The van der Waals surface area contributed by atoms with E-state index in [1.165, 1.54) is 36.2 Å². The Balaban J connectivity index is 2.29. The van der Waals surface area contributed by atoms with Crippen molar-refractivity contribution in [2.45, 2.75) is 38.5 Å². The Kier molecular flexibility index (Phi) is 3.58. The number of hydrogen-bond acceptors (Lipinski definition) is 4. The lowest BCUT2D eigenvalue weighted by Crippen LogP contribution is -2.18. The molecule has 17 heavy (non-hydrogen) atoms. The second kappa shape index (κ2) is 4.97. The van der Waals surface area contributed by atoms with Gasteiger partial charge in [-0.25, -0.2) is 0 Å². The van der Waals surface area contributed by atoms with Gasteiger partial charge in [0.05, 0.1) is 10.7 Å². The monoisotopic (exact) mass is 249 g/mol. The second-order valence-corrected chi connectivity index (χ2v) is 5.72. The van der Waals surface area contributed by atoms with Crippen LogP contribution in [0, 0.1) is 11.3 Å². The van der Waals surface area contributed by atoms with Gasteiger partial charge in [-0.2, -0.15) is 5.26 Å². The average molecular weight is 249 g/mol. The van der Waals surface area contributed by atoms with E-state index in [9.17, 15) is 0 Å². The Morgan fingerprint density at radius 1 is 1.53 bits per heavy atom. The molecule has 0 unspecified atom stereocenters. The second-order valence-electron chi connectivity index (χ2n) is 4.72. The summed E-state index contributed by atoms with van der Waals surface area (Å²) in [6, 6.07) is 2.22. The van der Waals surface area contributed by atoms with Gasteiger partial charge in [-0.15, -0.1) is 11.3 Å². The maximum atomic E-state index is 9.08. The number of nitrogens with zero attached hydrogens (tertiary/aromatic N) is 2. The Hall–Kier alpha value is -1.21. The van der Waals surface area contributed by atoms with Crippen LogP contribution in [0.2, 0.25) is 0 Å². The molecule has 0 radical (unpaired) electrons. The first kappa shape index (κ1) is 12.3. The van der Waals surface area contributed by atoms with Crippen molar-refractivity contribution in [2.24, 2.45) is 0 Å². The van der Waals surface area contributed by atoms with Crippen LogP contribution in [-0.4, -0.2) is 13.6 Å². The SMILES string of the molecule is CCCCN(C)c1sc(C#N)c(N)c1C1CC1. The molecular formula is C13H19N3S. The molecule has 2 rings (SSSR count). The van der Waals surface area contributed by atoms with Gasteiger partial charge in [0.25, 0.3) is 0 Å². The molecule has 0 amide bonds. The van der Waals surface area contributed by atoms with Crippen molar-refractivity contribution in [1.82, 2.24) is 0 Å². The number of rotatable bonds is 5. The summed E-state index contributed by atoms with van der Waals surface area (Å²) in [6.07, 6.45) is 4.82. The zero-order chi connectivity index (χ0) is 12.4. The maximum Gasteiger partial charge on any atom is 0.130 e. The fourth-order valence-corrected chi connectivity index (χ4v) is 3.17. The van der Waals surface area contributed by atoms with Gasteiger partial charge in [0, 0.05) is 19.2 Å². The molecule has 0 aromatic carbocycles. The number of thiophene rings is 1. The fraction of sp³-hybridized carbons (Fsp3) is 0.615. The van der Waals surface area contributed by atoms with Gasteiger partial charge in [0.15, 0.2) is 0 Å². The highest BCUT2D eigenvalue weighted by Crippen LogP contribution is 2.51. The van der Waals surface area contributed by atoms with E-state index in [0.717, 1.165) is 12.2 Å². The Morgan fingerprint density at radius 3 is 2.76 bits per heavy atom. The fourth-order valence-electron chi connectivity index (χ4n) is 2.07. The molecular weight excluding hydrogens is 230 g/mol. The van der Waals surface area contributed by atoms with Gasteiger partial charge in [0.1, 0.15) is 10.9 Å². The van der Waals surface area contributed by atoms with Crippen LogP contribution >= 0.6 is 11.3 Å². The third-order valence-electron chi connectivity index (χ3n) is 3.24. The van der Waals surface area contributed by atoms with E-state index < -0.39 is 0 Å². The molecule has 92 valence electrons. The van der Waals surface area contributed by atoms with Gasteiger partial charge in [0.2, 0.25) is 0 Å². The van der Waals surface area contributed by atoms with Crippen molar-refractivity contribution in [2.75, 3.05) is 24.2 Å². The highest BCUT2D eigenvalue weighted by molar-refractivity contribution is 7.17. The first-order chi connectivity index (χ1) is 8.19. The van der Waals surface area contributed by atoms with Crippen molar-refractivity contribution >= 4 is 22.0 Å². The third kappa shape index (κ3) is 2.39. The molecule has 3 nitrogen and oxygen atoms in total. The molecule has 4 heteroatoms. The molecule has 0 bridgehead atoms. The number of hydrogen-bond donors (Lipinski definition) is 1. The largest absolute Gasteiger partial charge is 0.397 e. The molecule has 1 saturated carbocycles. The molecule has 1 aromatic heterocycles. The van der Waals surface area contributed by atoms with Gasteiger partial charge in [-0.05, 0) is 25.2 Å². The minimum Gasteiger partial charge on any atom is -0.397 e. The zero-order valence-corrected chi connectivity index (χ0v) is 11.3. The smallest absolute Gasteiger partial charge is 0.130 e. The number of anilines is 2. The van der Waals surface area contributed by atoms with Crippen LogP contribution in [0.15, 0.2) is 0 Å². The molecule has 1 aliphatic rings. The lowest BCUT2D eigenvalue weighted by Gasteiger charge is -2.18. The average Bonchev–Trinajstić information content (AvgIpc) is 3.10. The van der Waals surface area contributed by atoms with E-state index in [2.05, 4.69) is 24.9 Å². The lowest BCUT2D eigenvalue weighted by molar-refractivity contribution is 0.768. The quantitative estimate of drug-likeness (QED) is 0.871. The Bertz CT molecular complexity index is 440. The van der Waals surface area contributed by atoms with Crippen molar-refractivity contribution in [3.63, 3.8) is 0 Å². The highest BCUT2D eigenvalue weighted by atomic mass is 32.1. The summed E-state index contributed by atoms with van der Waals surface area (Å²) in [5.41, 5.74) is 8.06. The minimum atomic E-state index is 0.604. The van der Waals surface area contributed by atoms with Gasteiger partial charge < -0.3 is 10.6 Å². The number of nitrogens with two attached hydrogens (primary N) is 1. The highest BCUT2D eigenvalue weighted by Gasteiger charge is 2.32. The van der Waals surface area contributed by atoms with E-state index in [-0.39, 0.29) is 0 Å². The van der Waals surface area contributed by atoms with Crippen LogP contribution in [0.1, 0.15) is 49.0 Å². The van der Waals surface area contributed by atoms with Crippen molar-refractivity contribution in [3.8, 4) is 6.07 Å². The van der Waals surface area contributed by atoms with E-state index >= 15 is 0 Å². The molecule has 0 atom stereocenters. The molecule has 2 N–H and O–H groups in total. The summed E-state index contributed by atoms with van der Waals surface area (Å²) in [7, 11) is 2.11. The van der Waals surface area contributed by atoms with E-state index in [0.29, 0.717) is 10.8 Å². The summed E-state index contributed by atoms with van der Waals surface area (Å²) >= 11 is 1.55. The standard InChI is InChI=1S/C13H19N3S/c1-3-4-7-16(2)13-11(9-5-6-9)12(15)10(8-14)17-13/h9H,3-7,15H2,1-2H3. The predicted molar refractivity (Wildman–Crippen MR) is 73.6 cm³/mol. The van der Waals surface area contributed by atoms with Crippen molar-refractivity contribution in [3.05, 3.63) is 10.4 Å². The van der Waals surface area contributed by atoms with Crippen LogP contribution in [0.3, 0.4) is 0 Å². The normalized spacial score (nSPS) is 14.6. The van der Waals surface area contributed by atoms with Crippen LogP contribution in [0.4, 0.5) is 10.7 Å². The van der Waals surface area contributed by atoms with Crippen molar-refractivity contribution < 1.29 is 0 Å². The molecule has 0 spiro atoms. The van der Waals surface area contributed by atoms with E-state index in [4.69, 9.17) is 11.0 Å². The number of nitriles is 1.